The minimum atomic E-state index is -5.09. The lowest BCUT2D eigenvalue weighted by atomic mass is 9.90. The maximum absolute atomic E-state index is 13.4. The molecule has 0 amide bonds. The van der Waals surface area contributed by atoms with Gasteiger partial charge in [-0.15, -0.1) is 0 Å². The van der Waals surface area contributed by atoms with E-state index in [2.05, 4.69) is 23.7 Å². The Balaban J connectivity index is 1.76. The predicted octanol–water partition coefficient (Wildman–Crippen LogP) is 11.2. The van der Waals surface area contributed by atoms with Gasteiger partial charge in [-0.3, -0.25) is 0 Å². The molecule has 0 unspecified atom stereocenters. The van der Waals surface area contributed by atoms with Gasteiger partial charge in [-0.1, -0.05) is 71.7 Å². The molecule has 0 saturated carbocycles. The van der Waals surface area contributed by atoms with Gasteiger partial charge in [-0.05, 0) is 64.9 Å². The quantitative estimate of drug-likeness (QED) is 0.0878. The van der Waals surface area contributed by atoms with Crippen molar-refractivity contribution in [1.82, 2.24) is 0 Å². The van der Waals surface area contributed by atoms with Gasteiger partial charge in [0.1, 0.15) is 0 Å². The first-order valence-electron chi connectivity index (χ1n) is 13.3. The molecule has 0 nitrogen and oxygen atoms in total. The van der Waals surface area contributed by atoms with Crippen molar-refractivity contribution in [2.24, 2.45) is 0 Å². The van der Waals surface area contributed by atoms with Gasteiger partial charge >= 0.3 is 24.7 Å². The Labute approximate surface area is 258 Å². The maximum atomic E-state index is 13.4. The molecule has 12 heteroatoms. The van der Waals surface area contributed by atoms with Crippen LogP contribution in [0.2, 0.25) is 0 Å². The molecular weight excluding hydrogens is 648 g/mol. The maximum Gasteiger partial charge on any atom is 0.416 e. The second kappa shape index (κ2) is 11.6. The molecule has 0 aromatic heterocycles. The third-order valence-corrected chi connectivity index (χ3v) is 7.02. The number of hydrogen-bond acceptors (Lipinski definition) is 0. The van der Waals surface area contributed by atoms with Crippen molar-refractivity contribution >= 4 is 21.5 Å². The minimum Gasteiger partial charge on any atom is -0.166 e. The number of halogens is 12. The van der Waals surface area contributed by atoms with Gasteiger partial charge in [-0.25, -0.2) is 0 Å². The first-order valence-corrected chi connectivity index (χ1v) is 13.3. The highest BCUT2D eigenvalue weighted by molar-refractivity contribution is 6.10. The van der Waals surface area contributed by atoms with E-state index in [4.69, 9.17) is 0 Å². The van der Waals surface area contributed by atoms with E-state index in [1.807, 2.05) is 0 Å². The van der Waals surface area contributed by atoms with E-state index in [1.165, 1.54) is 0 Å². The van der Waals surface area contributed by atoms with E-state index in [0.717, 1.165) is 0 Å². The van der Waals surface area contributed by atoms with E-state index in [-0.39, 0.29) is 23.3 Å². The third-order valence-electron chi connectivity index (χ3n) is 7.02. The molecule has 0 bridgehead atoms. The molecule has 0 aliphatic heterocycles. The number of rotatable bonds is 0. The molecule has 0 N–H and O–H groups in total. The standard InChI is InChI=1S/C35H16F12/c1-19-6-9-29-28(10-7-20-13-22(32(36,37)38)17-23(14-20)33(39,40)41)26-4-2-3-5-27(26)30(31(29)12-19)11-8-21-15-24(34(42,43)44)18-25(16-21)35(45,46)47/h2-6,9,12-18H,1H3. The number of aryl methyl sites for hydroxylation is 1. The largest absolute Gasteiger partial charge is 0.416 e. The summed E-state index contributed by atoms with van der Waals surface area (Å²) < 4.78 is 161. The first kappa shape index (κ1) is 33.3. The molecule has 0 aliphatic carbocycles. The second-order valence-electron chi connectivity index (χ2n) is 10.4. The van der Waals surface area contributed by atoms with Gasteiger partial charge < -0.3 is 0 Å². The molecule has 5 aromatic carbocycles. The van der Waals surface area contributed by atoms with Crippen LogP contribution in [0.3, 0.4) is 0 Å². The summed E-state index contributed by atoms with van der Waals surface area (Å²) in [6, 6.07) is 13.0. The van der Waals surface area contributed by atoms with Crippen molar-refractivity contribution in [2.75, 3.05) is 0 Å². The Hall–Kier alpha value is -5.10. The highest BCUT2D eigenvalue weighted by Gasteiger charge is 2.38. The SMILES string of the molecule is Cc1ccc2c(C#Cc3cc(C(F)(F)F)cc(C(F)(F)F)c3)c3ccccc3c(C#Cc3cc(C(F)(F)F)cc(C(F)(F)F)c3)c2c1. The van der Waals surface area contributed by atoms with E-state index in [9.17, 15) is 52.7 Å². The summed E-state index contributed by atoms with van der Waals surface area (Å²) in [6.45, 7) is 1.70. The fourth-order valence-corrected chi connectivity index (χ4v) is 4.89. The van der Waals surface area contributed by atoms with Crippen molar-refractivity contribution in [3.63, 3.8) is 0 Å². The van der Waals surface area contributed by atoms with Gasteiger partial charge in [0.2, 0.25) is 0 Å². The van der Waals surface area contributed by atoms with Crippen LogP contribution in [0.1, 0.15) is 50.1 Å². The molecule has 5 aromatic rings. The zero-order valence-corrected chi connectivity index (χ0v) is 23.5. The van der Waals surface area contributed by atoms with Gasteiger partial charge in [0, 0.05) is 22.3 Å². The van der Waals surface area contributed by atoms with Crippen LogP contribution in [0.4, 0.5) is 52.7 Å². The van der Waals surface area contributed by atoms with E-state index >= 15 is 0 Å². The van der Waals surface area contributed by atoms with Gasteiger partial charge in [0.25, 0.3) is 0 Å². The average molecular weight is 664 g/mol. The number of alkyl halides is 12. The average Bonchev–Trinajstić information content (AvgIpc) is 2.96. The highest BCUT2D eigenvalue weighted by atomic mass is 19.4. The summed E-state index contributed by atoms with van der Waals surface area (Å²) >= 11 is 0. The van der Waals surface area contributed by atoms with Crippen LogP contribution in [0.5, 0.6) is 0 Å². The zero-order valence-electron chi connectivity index (χ0n) is 23.5. The van der Waals surface area contributed by atoms with Crippen LogP contribution in [-0.2, 0) is 24.7 Å². The first-order chi connectivity index (χ1) is 21.7. The lowest BCUT2D eigenvalue weighted by molar-refractivity contribution is -0.144. The Morgan fingerprint density at radius 3 is 1.09 bits per heavy atom. The topological polar surface area (TPSA) is 0 Å². The van der Waals surface area contributed by atoms with Crippen LogP contribution < -0.4 is 0 Å². The lowest BCUT2D eigenvalue weighted by Crippen LogP contribution is -2.11. The summed E-state index contributed by atoms with van der Waals surface area (Å²) in [7, 11) is 0. The summed E-state index contributed by atoms with van der Waals surface area (Å²) in [4.78, 5) is 0. The molecule has 0 fully saturated rings. The summed E-state index contributed by atoms with van der Waals surface area (Å²) in [5.41, 5.74) is -6.24. The normalized spacial score (nSPS) is 12.4. The van der Waals surface area contributed by atoms with Crippen molar-refractivity contribution in [1.29, 1.82) is 0 Å². The molecule has 0 radical (unpaired) electrons. The summed E-state index contributed by atoms with van der Waals surface area (Å²) in [5.74, 6) is 10.2. The van der Waals surface area contributed by atoms with Crippen molar-refractivity contribution in [2.45, 2.75) is 31.6 Å². The molecule has 0 atom stereocenters. The number of fused-ring (bicyclic) bond motifs is 2. The Kier molecular flexibility index (Phi) is 8.22. The van der Waals surface area contributed by atoms with Crippen molar-refractivity contribution in [3.8, 4) is 23.7 Å². The monoisotopic (exact) mass is 664 g/mol. The molecule has 0 spiro atoms. The molecule has 47 heavy (non-hydrogen) atoms. The van der Waals surface area contributed by atoms with Crippen LogP contribution >= 0.6 is 0 Å². The van der Waals surface area contributed by atoms with Crippen LogP contribution in [0.15, 0.2) is 78.9 Å². The summed E-state index contributed by atoms with van der Waals surface area (Å²) in [6.07, 6.45) is -20.4. The third kappa shape index (κ3) is 7.17. The summed E-state index contributed by atoms with van der Waals surface area (Å²) in [5, 5.41) is 1.37. The minimum absolute atomic E-state index is 0.0190. The highest BCUT2D eigenvalue weighted by Crippen LogP contribution is 2.38. The second-order valence-corrected chi connectivity index (χ2v) is 10.4. The Morgan fingerprint density at radius 1 is 0.383 bits per heavy atom. The van der Waals surface area contributed by atoms with E-state index in [0.29, 0.717) is 51.4 Å². The van der Waals surface area contributed by atoms with Gasteiger partial charge in [-0.2, -0.15) is 52.7 Å². The number of hydrogen-bond donors (Lipinski definition) is 0. The zero-order chi connectivity index (χ0) is 34.5. The predicted molar refractivity (Wildman–Crippen MR) is 151 cm³/mol. The van der Waals surface area contributed by atoms with Gasteiger partial charge in [0.15, 0.2) is 0 Å². The van der Waals surface area contributed by atoms with Crippen LogP contribution in [0, 0.1) is 30.6 Å². The van der Waals surface area contributed by atoms with Crippen molar-refractivity contribution in [3.05, 3.63) is 129 Å². The molecular formula is C35H16F12. The van der Waals surface area contributed by atoms with Crippen LogP contribution in [0.25, 0.3) is 21.5 Å². The van der Waals surface area contributed by atoms with E-state index in [1.54, 1.807) is 49.4 Å². The Morgan fingerprint density at radius 2 is 0.723 bits per heavy atom. The molecule has 240 valence electrons. The molecule has 0 heterocycles. The molecule has 0 aliphatic rings. The molecule has 0 saturated heterocycles. The lowest BCUT2D eigenvalue weighted by Gasteiger charge is -2.13. The fourth-order valence-electron chi connectivity index (χ4n) is 4.89. The Bertz CT molecular complexity index is 2090. The fraction of sp³-hybridized carbons (Fsp3) is 0.143. The van der Waals surface area contributed by atoms with E-state index < -0.39 is 58.1 Å². The van der Waals surface area contributed by atoms with Gasteiger partial charge in [0.05, 0.1) is 22.3 Å². The van der Waals surface area contributed by atoms with Crippen LogP contribution in [-0.4, -0.2) is 0 Å². The van der Waals surface area contributed by atoms with Crippen molar-refractivity contribution < 1.29 is 52.7 Å². The smallest absolute Gasteiger partial charge is 0.166 e. The number of benzene rings is 5. The molecule has 5 rings (SSSR count).